The number of hydrogen-bond acceptors (Lipinski definition) is 4. The molecule has 0 fully saturated rings. The minimum absolute atomic E-state index is 0.483. The highest BCUT2D eigenvalue weighted by Gasteiger charge is 2.55. The second-order valence-corrected chi connectivity index (χ2v) is 28.6. The SMILES string of the molecule is c1ccc(-c2ccccc2N(c2ccccc2)c2ccc3c(c2)-c2ccccc2C32c3ccccc3-c3sc4cc(-c5cccc(-c6ccc(N(c7ccc8c(c7)C7(c9ccccc9-c9ccccc97)c7c-8sc8ccccc78)c7ccc8ccccc8c7)cc6)c5)ccc4c32)cc1. The topological polar surface area (TPSA) is 6.48 Å². The first-order chi connectivity index (χ1) is 48.6. The summed E-state index contributed by atoms with van der Waals surface area (Å²) in [5, 5.41) is 5.07. The van der Waals surface area contributed by atoms with E-state index < -0.39 is 10.8 Å². The normalized spacial score (nSPS) is 14.4. The monoisotopic (exact) mass is 1280 g/mol. The second-order valence-electron chi connectivity index (χ2n) is 26.5. The van der Waals surface area contributed by atoms with Crippen molar-refractivity contribution in [3.63, 3.8) is 0 Å². The molecular formula is C94H58N2S2. The number of anilines is 6. The van der Waals surface area contributed by atoms with Crippen LogP contribution in [-0.4, -0.2) is 0 Å². The van der Waals surface area contributed by atoms with Gasteiger partial charge in [0.2, 0.25) is 0 Å². The maximum atomic E-state index is 2.52. The first-order valence-electron chi connectivity index (χ1n) is 33.9. The summed E-state index contributed by atoms with van der Waals surface area (Å²) < 4.78 is 2.62. The lowest BCUT2D eigenvalue weighted by atomic mass is 9.70. The van der Waals surface area contributed by atoms with E-state index in [1.54, 1.807) is 0 Å². The number of rotatable bonds is 9. The van der Waals surface area contributed by atoms with Crippen LogP contribution >= 0.6 is 22.7 Å². The summed E-state index contributed by atoms with van der Waals surface area (Å²) in [4.78, 5) is 7.63. The fourth-order valence-corrected chi connectivity index (χ4v) is 20.3. The Morgan fingerprint density at radius 1 is 0.214 bits per heavy atom. The predicted octanol–water partition coefficient (Wildman–Crippen LogP) is 25.9. The van der Waals surface area contributed by atoms with E-state index in [0.29, 0.717) is 0 Å². The van der Waals surface area contributed by atoms with Gasteiger partial charge in [0.05, 0.1) is 16.5 Å². The van der Waals surface area contributed by atoms with Crippen molar-refractivity contribution < 1.29 is 0 Å². The lowest BCUT2D eigenvalue weighted by Gasteiger charge is -2.32. The van der Waals surface area contributed by atoms with Gasteiger partial charge in [-0.25, -0.2) is 0 Å². The summed E-state index contributed by atoms with van der Waals surface area (Å²) in [5.41, 5.74) is 31.5. The Bertz CT molecular complexity index is 6110. The largest absolute Gasteiger partial charge is 0.310 e. The van der Waals surface area contributed by atoms with E-state index in [0.717, 1.165) is 34.1 Å². The fourth-order valence-electron chi connectivity index (χ4n) is 17.6. The fraction of sp³-hybridized carbons (Fsp3) is 0.0213. The molecule has 0 radical (unpaired) electrons. The molecule has 1 atom stereocenters. The Balaban J connectivity index is 0.662. The number of nitrogens with zero attached hydrogens (tertiary/aromatic N) is 2. The van der Waals surface area contributed by atoms with Gasteiger partial charge in [0.1, 0.15) is 0 Å². The Hall–Kier alpha value is -11.9. The van der Waals surface area contributed by atoms with E-state index in [2.05, 4.69) is 362 Å². The Labute approximate surface area is 577 Å². The van der Waals surface area contributed by atoms with Crippen molar-refractivity contribution >= 4 is 87.7 Å². The van der Waals surface area contributed by atoms with Crippen molar-refractivity contribution in [2.24, 2.45) is 0 Å². The molecule has 0 bridgehead atoms. The molecule has 2 aromatic heterocycles. The van der Waals surface area contributed by atoms with Crippen molar-refractivity contribution in [1.82, 2.24) is 0 Å². The van der Waals surface area contributed by atoms with E-state index in [9.17, 15) is 0 Å². The van der Waals surface area contributed by atoms with Gasteiger partial charge in [-0.05, 0) is 212 Å². The highest BCUT2D eigenvalue weighted by Crippen LogP contribution is 2.69. The lowest BCUT2D eigenvalue weighted by molar-refractivity contribution is 0.802. The van der Waals surface area contributed by atoms with Crippen LogP contribution in [-0.2, 0) is 10.8 Å². The van der Waals surface area contributed by atoms with Crippen LogP contribution in [0.2, 0.25) is 0 Å². The zero-order chi connectivity index (χ0) is 64.2. The highest BCUT2D eigenvalue weighted by atomic mass is 32.1. The summed E-state index contributed by atoms with van der Waals surface area (Å²) in [6, 6.07) is 132. The molecule has 21 rings (SSSR count). The van der Waals surface area contributed by atoms with Gasteiger partial charge in [-0.3, -0.25) is 0 Å². The van der Waals surface area contributed by atoms with Crippen LogP contribution < -0.4 is 9.80 Å². The van der Waals surface area contributed by atoms with Crippen molar-refractivity contribution in [2.75, 3.05) is 9.80 Å². The van der Waals surface area contributed by atoms with Gasteiger partial charge in [0.15, 0.2) is 0 Å². The van der Waals surface area contributed by atoms with Gasteiger partial charge in [-0.2, -0.15) is 0 Å². The number of para-hydroxylation sites is 2. The molecule has 2 nitrogen and oxygen atoms in total. The van der Waals surface area contributed by atoms with Crippen LogP contribution in [0.3, 0.4) is 0 Å². The standard InChI is InChI=1S/C94H58N2S2/c1-3-23-61(24-4-1)71-30-13-19-40-86(71)96(66-28-5-2-6-29-66)69-50-53-84-79(57-69)74-33-11-17-38-82(74)93(84)83-39-18-12-34-75(83)91-90(93)78-51-45-65(56-88(78)98-91)63-27-21-26-62(54-63)60-42-46-67(47-43-60)95(68-48-44-59-22-7-8-25-64(59)55-68)70-49-52-76-85(58-70)94(89-77-35-14-20-41-87(77)97-92(76)89)80-36-15-9-31-72(80)73-32-10-16-37-81(73)94/h1-58H. The number of hydrogen-bond donors (Lipinski definition) is 0. The van der Waals surface area contributed by atoms with Gasteiger partial charge in [0.25, 0.3) is 0 Å². The quantitative estimate of drug-likeness (QED) is 0.142. The molecule has 1 unspecified atom stereocenters. The van der Waals surface area contributed by atoms with E-state index in [-0.39, 0.29) is 0 Å². The van der Waals surface area contributed by atoms with Crippen LogP contribution in [0, 0.1) is 0 Å². The predicted molar refractivity (Wildman–Crippen MR) is 413 cm³/mol. The molecule has 4 aliphatic rings. The smallest absolute Gasteiger partial charge is 0.0740 e. The molecule has 0 saturated carbocycles. The average Bonchev–Trinajstić information content (AvgIpc) is 1.50. The summed E-state index contributed by atoms with van der Waals surface area (Å²) in [6.07, 6.45) is 0. The molecule has 0 saturated heterocycles. The minimum atomic E-state index is -0.508. The van der Waals surface area contributed by atoms with Crippen LogP contribution in [0.1, 0.15) is 44.5 Å². The molecule has 98 heavy (non-hydrogen) atoms. The van der Waals surface area contributed by atoms with Crippen molar-refractivity contribution in [1.29, 1.82) is 0 Å². The first-order valence-corrected chi connectivity index (χ1v) is 35.5. The minimum Gasteiger partial charge on any atom is -0.310 e. The van der Waals surface area contributed by atoms with E-state index in [4.69, 9.17) is 0 Å². The van der Waals surface area contributed by atoms with Crippen LogP contribution in [0.4, 0.5) is 34.1 Å². The summed E-state index contributed by atoms with van der Waals surface area (Å²) >= 11 is 3.88. The summed E-state index contributed by atoms with van der Waals surface area (Å²) in [5.74, 6) is 0. The van der Waals surface area contributed by atoms with Gasteiger partial charge < -0.3 is 9.80 Å². The molecule has 0 aliphatic heterocycles. The van der Waals surface area contributed by atoms with E-state index in [1.807, 2.05) is 22.7 Å². The van der Waals surface area contributed by atoms with Gasteiger partial charge in [-0.15, -0.1) is 22.7 Å². The van der Waals surface area contributed by atoms with Crippen LogP contribution in [0.25, 0.3) is 107 Å². The molecule has 17 aromatic rings. The zero-order valence-corrected chi connectivity index (χ0v) is 54.8. The average molecular weight is 1280 g/mol. The van der Waals surface area contributed by atoms with Crippen molar-refractivity contribution in [2.45, 2.75) is 10.8 Å². The van der Waals surface area contributed by atoms with Gasteiger partial charge in [0, 0.05) is 53.2 Å². The molecule has 4 aliphatic carbocycles. The third-order valence-corrected chi connectivity index (χ3v) is 24.0. The van der Waals surface area contributed by atoms with Crippen molar-refractivity contribution in [3.05, 3.63) is 396 Å². The summed E-state index contributed by atoms with van der Waals surface area (Å²) in [7, 11) is 0. The molecule has 15 aromatic carbocycles. The molecular weight excluding hydrogens is 1220 g/mol. The first kappa shape index (κ1) is 55.4. The molecule has 4 heteroatoms. The molecule has 456 valence electrons. The zero-order valence-electron chi connectivity index (χ0n) is 53.2. The van der Waals surface area contributed by atoms with Crippen LogP contribution in [0.5, 0.6) is 0 Å². The Kier molecular flexibility index (Phi) is 12.0. The summed E-state index contributed by atoms with van der Waals surface area (Å²) in [6.45, 7) is 0. The molecule has 0 N–H and O–H groups in total. The van der Waals surface area contributed by atoms with Gasteiger partial charge in [-0.1, -0.05) is 267 Å². The maximum absolute atomic E-state index is 2.52. The highest BCUT2D eigenvalue weighted by molar-refractivity contribution is 7.23. The van der Waals surface area contributed by atoms with E-state index >= 15 is 0 Å². The third-order valence-electron chi connectivity index (χ3n) is 21.7. The third kappa shape index (κ3) is 7.78. The Morgan fingerprint density at radius 3 is 1.41 bits per heavy atom. The number of thiophene rings is 2. The molecule has 2 heterocycles. The van der Waals surface area contributed by atoms with E-state index in [1.165, 1.54) is 152 Å². The molecule has 0 amide bonds. The van der Waals surface area contributed by atoms with Gasteiger partial charge >= 0.3 is 0 Å². The number of benzene rings is 15. The Morgan fingerprint density at radius 2 is 0.673 bits per heavy atom. The lowest BCUT2D eigenvalue weighted by Crippen LogP contribution is -2.26. The second kappa shape index (κ2) is 21.3. The molecule has 2 spiro atoms. The van der Waals surface area contributed by atoms with Crippen LogP contribution in [0.15, 0.2) is 352 Å². The van der Waals surface area contributed by atoms with Crippen molar-refractivity contribution in [3.8, 4) is 76.5 Å². The maximum Gasteiger partial charge on any atom is 0.0740 e. The number of fused-ring (bicyclic) bond motifs is 25.